The first kappa shape index (κ1) is 18.5. The summed E-state index contributed by atoms with van der Waals surface area (Å²) >= 11 is 0. The molecule has 3 atom stereocenters. The maximum absolute atomic E-state index is 11.3. The highest BCUT2D eigenvalue weighted by Gasteiger charge is 2.31. The topological polar surface area (TPSA) is 77.8 Å². The molecule has 0 fully saturated rings. The van der Waals surface area contributed by atoms with Gasteiger partial charge in [0.2, 0.25) is 0 Å². The van der Waals surface area contributed by atoms with Crippen LogP contribution in [0, 0.1) is 5.92 Å². The lowest BCUT2D eigenvalue weighted by Gasteiger charge is -2.34. The van der Waals surface area contributed by atoms with Crippen LogP contribution in [-0.2, 0) is 0 Å². The second-order valence-electron chi connectivity index (χ2n) is 7.15. The summed E-state index contributed by atoms with van der Waals surface area (Å²) in [7, 11) is 0. The third-order valence-electron chi connectivity index (χ3n) is 5.29. The van der Waals surface area contributed by atoms with E-state index in [-0.39, 0.29) is 29.8 Å². The van der Waals surface area contributed by atoms with Gasteiger partial charge in [-0.05, 0) is 68.1 Å². The predicted molar refractivity (Wildman–Crippen MR) is 94.7 cm³/mol. The maximum Gasteiger partial charge on any atom is 0.335 e. The molecule has 3 unspecified atom stereocenters. The normalized spacial score (nSPS) is 22.1. The number of rotatable bonds is 6. The monoisotopic (exact) mass is 332 g/mol. The molecule has 3 N–H and O–H groups in total. The summed E-state index contributed by atoms with van der Waals surface area (Å²) in [6, 6.07) is 3.13. The lowest BCUT2D eigenvalue weighted by Crippen LogP contribution is -2.19. The average Bonchev–Trinajstić information content (AvgIpc) is 2.54. The fraction of sp³-hybridized carbons (Fsp3) is 0.550. The molecule has 0 saturated carbocycles. The third-order valence-corrected chi connectivity index (χ3v) is 5.29. The Balaban J connectivity index is 2.28. The second-order valence-corrected chi connectivity index (χ2v) is 7.15. The molecule has 24 heavy (non-hydrogen) atoms. The van der Waals surface area contributed by atoms with Crippen LogP contribution in [0.4, 0.5) is 0 Å². The Morgan fingerprint density at radius 3 is 2.71 bits per heavy atom. The average molecular weight is 332 g/mol. The van der Waals surface area contributed by atoms with Gasteiger partial charge >= 0.3 is 5.97 Å². The van der Waals surface area contributed by atoms with Gasteiger partial charge in [0.05, 0.1) is 12.2 Å². The Bertz CT molecular complexity index is 633. The number of carboxylic acid groups (broad SMARTS) is 1. The van der Waals surface area contributed by atoms with Crippen LogP contribution >= 0.6 is 0 Å². The summed E-state index contributed by atoms with van der Waals surface area (Å²) in [5.74, 6) is 0.0269. The number of carbonyl (C=O) groups is 1. The number of phenolic OH excluding ortho intramolecular Hbond substituents is 1. The van der Waals surface area contributed by atoms with E-state index in [0.29, 0.717) is 5.92 Å². The largest absolute Gasteiger partial charge is 0.508 e. The highest BCUT2D eigenvalue weighted by atomic mass is 16.4. The number of allylic oxidation sites excluding steroid dienone is 1. The Kier molecular flexibility index (Phi) is 6.05. The van der Waals surface area contributed by atoms with Crippen LogP contribution in [0.25, 0.3) is 0 Å². The van der Waals surface area contributed by atoms with E-state index in [9.17, 15) is 15.0 Å². The molecule has 0 aromatic heterocycles. The first-order valence-electron chi connectivity index (χ1n) is 8.71. The lowest BCUT2D eigenvalue weighted by molar-refractivity contribution is 0.0696. The van der Waals surface area contributed by atoms with Crippen LogP contribution in [0.2, 0.25) is 0 Å². The molecule has 1 aromatic carbocycles. The highest BCUT2D eigenvalue weighted by molar-refractivity contribution is 5.88. The van der Waals surface area contributed by atoms with E-state index in [0.717, 1.165) is 42.4 Å². The molecule has 132 valence electrons. The molecule has 0 amide bonds. The third kappa shape index (κ3) is 3.99. The van der Waals surface area contributed by atoms with Gasteiger partial charge in [-0.3, -0.25) is 0 Å². The van der Waals surface area contributed by atoms with Crippen molar-refractivity contribution in [1.82, 2.24) is 0 Å². The molecule has 4 heteroatoms. The fourth-order valence-electron chi connectivity index (χ4n) is 3.81. The fourth-order valence-corrected chi connectivity index (χ4v) is 3.81. The van der Waals surface area contributed by atoms with Crippen molar-refractivity contribution in [3.05, 3.63) is 40.5 Å². The first-order chi connectivity index (χ1) is 11.3. The Labute approximate surface area is 143 Å². The van der Waals surface area contributed by atoms with Gasteiger partial charge in [0.15, 0.2) is 0 Å². The Morgan fingerprint density at radius 2 is 2.08 bits per heavy atom. The van der Waals surface area contributed by atoms with Gasteiger partial charge < -0.3 is 15.3 Å². The zero-order chi connectivity index (χ0) is 17.9. The van der Waals surface area contributed by atoms with E-state index in [4.69, 9.17) is 5.11 Å². The highest BCUT2D eigenvalue weighted by Crippen LogP contribution is 2.47. The van der Waals surface area contributed by atoms with Crippen molar-refractivity contribution < 1.29 is 20.1 Å². The van der Waals surface area contributed by atoms with Gasteiger partial charge in [-0.15, -0.1) is 0 Å². The molecule has 2 rings (SSSR count). The second kappa shape index (κ2) is 7.84. The first-order valence-corrected chi connectivity index (χ1v) is 8.71. The molecule has 1 aliphatic carbocycles. The smallest absolute Gasteiger partial charge is 0.335 e. The van der Waals surface area contributed by atoms with E-state index < -0.39 is 5.97 Å². The number of fused-ring (bicyclic) bond motifs is 1. The van der Waals surface area contributed by atoms with Gasteiger partial charge in [0, 0.05) is 5.56 Å². The van der Waals surface area contributed by atoms with Crippen molar-refractivity contribution in [3.8, 4) is 5.75 Å². The van der Waals surface area contributed by atoms with Crippen LogP contribution in [0.1, 0.15) is 79.8 Å². The number of aliphatic hydroxyl groups excluding tert-OH is 1. The van der Waals surface area contributed by atoms with Crippen LogP contribution < -0.4 is 0 Å². The Hall–Kier alpha value is -1.81. The number of phenols is 1. The van der Waals surface area contributed by atoms with Gasteiger partial charge in [-0.1, -0.05) is 25.5 Å². The van der Waals surface area contributed by atoms with E-state index in [1.165, 1.54) is 6.07 Å². The van der Waals surface area contributed by atoms with Gasteiger partial charge in [-0.25, -0.2) is 4.79 Å². The maximum atomic E-state index is 11.3. The molecule has 1 aromatic rings. The quantitative estimate of drug-likeness (QED) is 0.674. The van der Waals surface area contributed by atoms with Gasteiger partial charge in [0.25, 0.3) is 0 Å². The van der Waals surface area contributed by atoms with Crippen molar-refractivity contribution in [2.75, 3.05) is 6.61 Å². The summed E-state index contributed by atoms with van der Waals surface area (Å²) in [6.07, 6.45) is 5.97. The summed E-state index contributed by atoms with van der Waals surface area (Å²) in [5, 5.41) is 28.7. The minimum atomic E-state index is -1.00. The van der Waals surface area contributed by atoms with Crippen LogP contribution in [0.15, 0.2) is 23.8 Å². The molecule has 0 aliphatic heterocycles. The van der Waals surface area contributed by atoms with E-state index in [1.807, 2.05) is 6.92 Å². The summed E-state index contributed by atoms with van der Waals surface area (Å²) < 4.78 is 0. The van der Waals surface area contributed by atoms with Gasteiger partial charge in [-0.2, -0.15) is 0 Å². The lowest BCUT2D eigenvalue weighted by atomic mass is 9.71. The van der Waals surface area contributed by atoms with Crippen molar-refractivity contribution in [3.63, 3.8) is 0 Å². The van der Waals surface area contributed by atoms with Crippen molar-refractivity contribution >= 4 is 5.97 Å². The molecule has 4 nitrogen and oxygen atoms in total. The molecular weight excluding hydrogens is 304 g/mol. The van der Waals surface area contributed by atoms with E-state index >= 15 is 0 Å². The molecular formula is C20H28O4. The van der Waals surface area contributed by atoms with Crippen LogP contribution in [0.5, 0.6) is 5.75 Å². The number of aliphatic hydroxyl groups is 1. The summed E-state index contributed by atoms with van der Waals surface area (Å²) in [5.41, 5.74) is 3.06. The number of aromatic hydroxyl groups is 1. The number of hydrogen-bond donors (Lipinski definition) is 3. The van der Waals surface area contributed by atoms with Crippen LogP contribution in [-0.4, -0.2) is 27.9 Å². The van der Waals surface area contributed by atoms with Crippen LogP contribution in [0.3, 0.4) is 0 Å². The standard InChI is InChI=1S/C20H28O4/c1-12(11-21)5-4-6-13(2)16-8-7-14(3)19-17(16)9-15(20(23)24)10-18(19)22/h5,9-10,13-14,16,21-22H,4,6-8,11H2,1-3H3,(H,23,24). The number of hydrogen-bond acceptors (Lipinski definition) is 3. The minimum Gasteiger partial charge on any atom is -0.508 e. The number of aromatic carboxylic acids is 1. The molecule has 1 aliphatic rings. The van der Waals surface area contributed by atoms with Crippen molar-refractivity contribution in [2.45, 2.75) is 58.3 Å². The summed E-state index contributed by atoms with van der Waals surface area (Å²) in [6.45, 7) is 6.29. The molecule has 0 saturated heterocycles. The Morgan fingerprint density at radius 1 is 1.38 bits per heavy atom. The van der Waals surface area contributed by atoms with Gasteiger partial charge in [0.1, 0.15) is 5.75 Å². The van der Waals surface area contributed by atoms with Crippen molar-refractivity contribution in [1.29, 1.82) is 0 Å². The number of benzene rings is 1. The molecule has 0 radical (unpaired) electrons. The SMILES string of the molecule is CC(=CCCC(C)C1CCC(C)c2c(O)cc(C(=O)O)cc21)CO. The number of carboxylic acids is 1. The summed E-state index contributed by atoms with van der Waals surface area (Å²) in [4.78, 5) is 11.3. The minimum absolute atomic E-state index is 0.0913. The zero-order valence-corrected chi connectivity index (χ0v) is 14.7. The molecule has 0 spiro atoms. The zero-order valence-electron chi connectivity index (χ0n) is 14.7. The molecule has 0 bridgehead atoms. The van der Waals surface area contributed by atoms with E-state index in [1.54, 1.807) is 6.07 Å². The predicted octanol–water partition coefficient (Wildman–Crippen LogP) is 4.43. The van der Waals surface area contributed by atoms with Crippen molar-refractivity contribution in [2.24, 2.45) is 5.92 Å². The van der Waals surface area contributed by atoms with E-state index in [2.05, 4.69) is 19.9 Å². The molecule has 0 heterocycles.